The van der Waals surface area contributed by atoms with Gasteiger partial charge in [-0.2, -0.15) is 18.4 Å². The quantitative estimate of drug-likeness (QED) is 0.155. The fraction of sp³-hybridized carbons (Fsp3) is 0.333. The second kappa shape index (κ2) is 12.7. The van der Waals surface area contributed by atoms with Crippen molar-refractivity contribution >= 4 is 49.9 Å². The maximum absolute atomic E-state index is 13.0. The van der Waals surface area contributed by atoms with Crippen LogP contribution in [0, 0.1) is 18.3 Å². The van der Waals surface area contributed by atoms with Gasteiger partial charge < -0.3 is 15.2 Å². The third-order valence-corrected chi connectivity index (χ3v) is 10.5. The van der Waals surface area contributed by atoms with Crippen molar-refractivity contribution in [1.82, 2.24) is 19.4 Å². The molecule has 0 spiro atoms. The zero-order valence-corrected chi connectivity index (χ0v) is 27.2. The van der Waals surface area contributed by atoms with Crippen LogP contribution in [0.3, 0.4) is 0 Å². The average molecular weight is 670 g/mol. The van der Waals surface area contributed by atoms with Crippen LogP contribution in [0.2, 0.25) is 0 Å². The van der Waals surface area contributed by atoms with E-state index in [9.17, 15) is 23.2 Å². The summed E-state index contributed by atoms with van der Waals surface area (Å²) in [6.07, 6.45) is 0.106. The highest BCUT2D eigenvalue weighted by Crippen LogP contribution is 2.53. The van der Waals surface area contributed by atoms with E-state index in [0.717, 1.165) is 72.4 Å². The van der Waals surface area contributed by atoms with Gasteiger partial charge in [-0.1, -0.05) is 24.8 Å². The fourth-order valence-electron chi connectivity index (χ4n) is 6.94. The van der Waals surface area contributed by atoms with Crippen LogP contribution in [0.1, 0.15) is 58.5 Å². The number of rotatable bonds is 9. The number of nitrogens with one attached hydrogen (secondary N) is 2. The minimum absolute atomic E-state index is 0.159. The lowest BCUT2D eigenvalue weighted by Gasteiger charge is -2.33. The third-order valence-electron chi connectivity index (χ3n) is 9.45. The Labute approximate surface area is 279 Å². The maximum Gasteiger partial charge on any atom is 0.393 e. The number of anilines is 2. The summed E-state index contributed by atoms with van der Waals surface area (Å²) < 4.78 is 41.0. The van der Waals surface area contributed by atoms with Gasteiger partial charge >= 0.3 is 6.18 Å². The molecular formula is C36H34F3N7OS. The molecular weight excluding hydrogens is 636 g/mol. The van der Waals surface area contributed by atoms with Gasteiger partial charge in [-0.3, -0.25) is 9.69 Å². The summed E-state index contributed by atoms with van der Waals surface area (Å²) in [5, 5.41) is 18.1. The van der Waals surface area contributed by atoms with E-state index in [1.807, 2.05) is 24.3 Å². The average Bonchev–Trinajstić information content (AvgIpc) is 3.59. The molecule has 0 radical (unpaired) electrons. The van der Waals surface area contributed by atoms with Crippen molar-refractivity contribution in [3.05, 3.63) is 94.8 Å². The van der Waals surface area contributed by atoms with Crippen LogP contribution in [-0.2, 0) is 17.8 Å². The Morgan fingerprint density at radius 3 is 2.71 bits per heavy atom. The summed E-state index contributed by atoms with van der Waals surface area (Å²) in [5.74, 6) is 0.594. The number of nitriles is 1. The summed E-state index contributed by atoms with van der Waals surface area (Å²) in [7, 11) is 0. The van der Waals surface area contributed by atoms with Crippen LogP contribution in [0.15, 0.2) is 67.5 Å². The van der Waals surface area contributed by atoms with E-state index in [-0.39, 0.29) is 28.8 Å². The molecule has 2 unspecified atom stereocenters. The summed E-state index contributed by atoms with van der Waals surface area (Å²) in [4.78, 5) is 23.6. The first-order chi connectivity index (χ1) is 23.1. The van der Waals surface area contributed by atoms with Crippen molar-refractivity contribution in [3.8, 4) is 6.07 Å². The number of aromatic nitrogens is 3. The standard InChI is InChI=1S/C36H34F3N7OS/c1-3-33(47)43-25-6-4-5-22(13-25)29-16-32(29)46-26(18-40)14-28-21(2)23(7-8-31(28)46)19-45-11-9-24(10-12-45)44-34-30-15-27(17-36(37,38)39)48-35(30)42-20-41-34/h3-8,13-15,20,24,29,32H,1,9-12,16-17,19H2,2H3,(H,43,47)(H,41,42,44). The van der Waals surface area contributed by atoms with Crippen molar-refractivity contribution in [2.75, 3.05) is 23.7 Å². The fourth-order valence-corrected chi connectivity index (χ4v) is 7.97. The molecule has 3 aromatic heterocycles. The second-order valence-electron chi connectivity index (χ2n) is 12.7. The molecule has 8 nitrogen and oxygen atoms in total. The number of hydrogen-bond acceptors (Lipinski definition) is 7. The van der Waals surface area contributed by atoms with Gasteiger partial charge in [0.1, 0.15) is 28.7 Å². The molecule has 1 aliphatic carbocycles. The number of hydrogen-bond donors (Lipinski definition) is 2. The molecule has 1 saturated heterocycles. The summed E-state index contributed by atoms with van der Waals surface area (Å²) in [5.41, 5.74) is 5.96. The SMILES string of the molecule is C=CC(=O)Nc1cccc(C2CC2n2c(C#N)cc3c(C)c(CN4CCC(Nc5ncnc6sc(CC(F)(F)F)cc56)CC4)ccc32)c1. The number of alkyl halides is 3. The summed E-state index contributed by atoms with van der Waals surface area (Å²) >= 11 is 1.06. The highest BCUT2D eigenvalue weighted by atomic mass is 32.1. The Morgan fingerprint density at radius 2 is 1.96 bits per heavy atom. The first-order valence-corrected chi connectivity index (χ1v) is 16.8. The maximum atomic E-state index is 13.0. The van der Waals surface area contributed by atoms with Crippen LogP contribution < -0.4 is 10.6 Å². The predicted molar refractivity (Wildman–Crippen MR) is 182 cm³/mol. The molecule has 2 atom stereocenters. The predicted octanol–water partition coefficient (Wildman–Crippen LogP) is 7.86. The Morgan fingerprint density at radius 1 is 1.15 bits per heavy atom. The topological polar surface area (TPSA) is 98.9 Å². The molecule has 2 fully saturated rings. The van der Waals surface area contributed by atoms with Crippen molar-refractivity contribution in [2.45, 2.75) is 63.3 Å². The molecule has 7 rings (SSSR count). The molecule has 48 heavy (non-hydrogen) atoms. The van der Waals surface area contributed by atoms with E-state index in [0.29, 0.717) is 21.7 Å². The zero-order chi connectivity index (χ0) is 33.6. The molecule has 0 bridgehead atoms. The number of aryl methyl sites for hydroxylation is 1. The molecule has 4 heterocycles. The summed E-state index contributed by atoms with van der Waals surface area (Å²) in [6.45, 7) is 8.17. The molecule has 12 heteroatoms. The lowest BCUT2D eigenvalue weighted by Crippen LogP contribution is -2.39. The Kier molecular flexibility index (Phi) is 8.43. The minimum Gasteiger partial charge on any atom is -0.367 e. The lowest BCUT2D eigenvalue weighted by atomic mass is 10.0. The number of carbonyl (C=O) groups excluding carboxylic acids is 1. The van der Waals surface area contributed by atoms with Crippen molar-refractivity contribution in [1.29, 1.82) is 5.26 Å². The Hall–Kier alpha value is -4.73. The largest absolute Gasteiger partial charge is 0.393 e. The van der Waals surface area contributed by atoms with E-state index in [1.54, 1.807) is 6.07 Å². The van der Waals surface area contributed by atoms with Gasteiger partial charge in [0.2, 0.25) is 5.91 Å². The van der Waals surface area contributed by atoms with Gasteiger partial charge in [-0.05, 0) is 79.3 Å². The van der Waals surface area contributed by atoms with Gasteiger partial charge in [-0.25, -0.2) is 9.97 Å². The number of piperidine rings is 1. The lowest BCUT2D eigenvalue weighted by molar-refractivity contribution is -0.126. The molecule has 2 aromatic carbocycles. The number of amides is 1. The smallest absolute Gasteiger partial charge is 0.367 e. The van der Waals surface area contributed by atoms with Crippen molar-refractivity contribution in [2.24, 2.45) is 0 Å². The molecule has 246 valence electrons. The highest BCUT2D eigenvalue weighted by molar-refractivity contribution is 7.18. The van der Waals surface area contributed by atoms with Crippen molar-refractivity contribution < 1.29 is 18.0 Å². The number of fused-ring (bicyclic) bond motifs is 2. The third kappa shape index (κ3) is 6.53. The Balaban J connectivity index is 1.01. The zero-order valence-electron chi connectivity index (χ0n) is 26.3. The van der Waals surface area contributed by atoms with E-state index < -0.39 is 12.6 Å². The molecule has 2 aliphatic rings. The van der Waals surface area contributed by atoms with Crippen molar-refractivity contribution in [3.63, 3.8) is 0 Å². The number of likely N-dealkylation sites (tertiary alicyclic amines) is 1. The highest BCUT2D eigenvalue weighted by Gasteiger charge is 2.42. The van der Waals surface area contributed by atoms with Gasteiger partial charge in [0.05, 0.1) is 11.8 Å². The number of nitrogens with zero attached hydrogens (tertiary/aromatic N) is 5. The van der Waals surface area contributed by atoms with E-state index in [1.165, 1.54) is 23.5 Å². The number of benzene rings is 2. The Bertz CT molecular complexity index is 2070. The summed E-state index contributed by atoms with van der Waals surface area (Å²) in [6, 6.07) is 18.5. The number of thiophene rings is 1. The van der Waals surface area contributed by atoms with Crippen LogP contribution in [0.4, 0.5) is 24.7 Å². The van der Waals surface area contributed by atoms with Gasteiger partial charge in [-0.15, -0.1) is 11.3 Å². The number of halogens is 3. The van der Waals surface area contributed by atoms with E-state index in [2.05, 4.69) is 67.8 Å². The normalized spacial score (nSPS) is 18.6. The van der Waals surface area contributed by atoms with E-state index in [4.69, 9.17) is 0 Å². The first-order valence-electron chi connectivity index (χ1n) is 16.0. The van der Waals surface area contributed by atoms with Gasteiger partial charge in [0, 0.05) is 59.1 Å². The molecule has 1 saturated carbocycles. The minimum atomic E-state index is -4.26. The van der Waals surface area contributed by atoms with Crippen LogP contribution in [-0.4, -0.2) is 50.6 Å². The molecule has 5 aromatic rings. The second-order valence-corrected chi connectivity index (χ2v) is 13.8. The van der Waals surface area contributed by atoms with Crippen LogP contribution in [0.25, 0.3) is 21.1 Å². The monoisotopic (exact) mass is 669 g/mol. The molecule has 1 aliphatic heterocycles. The number of carbonyl (C=O) groups is 1. The van der Waals surface area contributed by atoms with Crippen LogP contribution >= 0.6 is 11.3 Å². The van der Waals surface area contributed by atoms with Gasteiger partial charge in [0.15, 0.2) is 0 Å². The van der Waals surface area contributed by atoms with Gasteiger partial charge in [0.25, 0.3) is 0 Å². The molecule has 2 N–H and O–H groups in total. The molecule has 1 amide bonds. The van der Waals surface area contributed by atoms with Crippen LogP contribution in [0.5, 0.6) is 0 Å². The van der Waals surface area contributed by atoms with E-state index >= 15 is 0 Å². The first kappa shape index (κ1) is 31.8.